The van der Waals surface area contributed by atoms with Crippen LogP contribution in [-0.2, 0) is 11.3 Å². The third-order valence-electron chi connectivity index (χ3n) is 4.29. The van der Waals surface area contributed by atoms with E-state index in [1.807, 2.05) is 18.2 Å². The Morgan fingerprint density at radius 2 is 2.10 bits per heavy atom. The van der Waals surface area contributed by atoms with Gasteiger partial charge in [-0.15, -0.1) is 0 Å². The number of nitrogens with one attached hydrogen (secondary N) is 2. The van der Waals surface area contributed by atoms with Crippen LogP contribution in [0.2, 0.25) is 0 Å². The number of β-amino-alcohol motifs (C(OH)–C–C–N with tert-alkyl or cyclic N) is 1. The van der Waals surface area contributed by atoms with Crippen LogP contribution in [-0.4, -0.2) is 47.7 Å². The highest BCUT2D eigenvalue weighted by Crippen LogP contribution is 2.20. The monoisotopic (exact) mass is 289 g/mol. The second kappa shape index (κ2) is 6.56. The molecule has 2 heterocycles. The van der Waals surface area contributed by atoms with Crippen LogP contribution < -0.4 is 10.6 Å². The van der Waals surface area contributed by atoms with Gasteiger partial charge in [-0.3, -0.25) is 9.69 Å². The number of para-hydroxylation sites is 1. The molecule has 2 atom stereocenters. The molecule has 2 aliphatic rings. The molecule has 1 aromatic rings. The zero-order valence-electron chi connectivity index (χ0n) is 12.2. The van der Waals surface area contributed by atoms with Gasteiger partial charge in [0.1, 0.15) is 0 Å². The fraction of sp³-hybridized carbons (Fsp3) is 0.562. The van der Waals surface area contributed by atoms with Crippen molar-refractivity contribution in [3.05, 3.63) is 29.8 Å². The topological polar surface area (TPSA) is 64.6 Å². The molecule has 2 saturated heterocycles. The summed E-state index contributed by atoms with van der Waals surface area (Å²) in [5.41, 5.74) is 2.05. The van der Waals surface area contributed by atoms with E-state index in [0.29, 0.717) is 13.0 Å². The number of rotatable bonds is 4. The first-order valence-electron chi connectivity index (χ1n) is 7.75. The van der Waals surface area contributed by atoms with Crippen molar-refractivity contribution in [3.8, 4) is 0 Å². The van der Waals surface area contributed by atoms with E-state index in [1.54, 1.807) is 0 Å². The van der Waals surface area contributed by atoms with E-state index < -0.39 is 6.10 Å². The second-order valence-corrected chi connectivity index (χ2v) is 5.98. The molecule has 5 nitrogen and oxygen atoms in total. The van der Waals surface area contributed by atoms with Gasteiger partial charge < -0.3 is 15.7 Å². The molecule has 3 N–H and O–H groups in total. The number of benzene rings is 1. The Morgan fingerprint density at radius 1 is 1.33 bits per heavy atom. The molecule has 5 heteroatoms. The highest BCUT2D eigenvalue weighted by atomic mass is 16.3. The van der Waals surface area contributed by atoms with E-state index in [9.17, 15) is 9.90 Å². The number of aliphatic hydroxyl groups is 1. The van der Waals surface area contributed by atoms with Gasteiger partial charge in [0, 0.05) is 18.8 Å². The molecule has 0 radical (unpaired) electrons. The van der Waals surface area contributed by atoms with Crippen LogP contribution in [0.3, 0.4) is 0 Å². The van der Waals surface area contributed by atoms with Crippen LogP contribution in [0.25, 0.3) is 0 Å². The first-order chi connectivity index (χ1) is 10.2. The lowest BCUT2D eigenvalue weighted by Crippen LogP contribution is -2.35. The third kappa shape index (κ3) is 3.61. The van der Waals surface area contributed by atoms with Crippen molar-refractivity contribution in [2.45, 2.75) is 38.0 Å². The molecule has 2 unspecified atom stereocenters. The predicted molar refractivity (Wildman–Crippen MR) is 82.0 cm³/mol. The molecule has 0 bridgehead atoms. The minimum absolute atomic E-state index is 0.0552. The Bertz CT molecular complexity index is 500. The van der Waals surface area contributed by atoms with Crippen molar-refractivity contribution in [1.82, 2.24) is 10.2 Å². The molecular formula is C16H23N3O2. The highest BCUT2D eigenvalue weighted by molar-refractivity contribution is 5.95. The van der Waals surface area contributed by atoms with Gasteiger partial charge in [0.05, 0.1) is 12.1 Å². The Balaban J connectivity index is 1.65. The van der Waals surface area contributed by atoms with Crippen LogP contribution in [0.15, 0.2) is 24.3 Å². The van der Waals surface area contributed by atoms with Crippen LogP contribution in [0, 0.1) is 0 Å². The molecule has 0 aromatic heterocycles. The lowest BCUT2D eigenvalue weighted by atomic mass is 10.1. The summed E-state index contributed by atoms with van der Waals surface area (Å²) < 4.78 is 0. The average Bonchev–Trinajstić information content (AvgIpc) is 3.12. The number of likely N-dealkylation sites (tertiary alicyclic amines) is 1. The van der Waals surface area contributed by atoms with Gasteiger partial charge in [-0.2, -0.15) is 0 Å². The molecule has 2 fully saturated rings. The van der Waals surface area contributed by atoms with E-state index in [2.05, 4.69) is 21.6 Å². The van der Waals surface area contributed by atoms with Gasteiger partial charge in [-0.25, -0.2) is 0 Å². The Morgan fingerprint density at radius 3 is 2.81 bits per heavy atom. The van der Waals surface area contributed by atoms with Gasteiger partial charge in [0.25, 0.3) is 0 Å². The predicted octanol–water partition coefficient (Wildman–Crippen LogP) is 0.944. The Labute approximate surface area is 125 Å². The van der Waals surface area contributed by atoms with E-state index in [-0.39, 0.29) is 11.9 Å². The summed E-state index contributed by atoms with van der Waals surface area (Å²) >= 11 is 0. The first kappa shape index (κ1) is 14.5. The molecule has 0 aliphatic carbocycles. The molecular weight excluding hydrogens is 266 g/mol. The largest absolute Gasteiger partial charge is 0.392 e. The van der Waals surface area contributed by atoms with Crippen molar-refractivity contribution in [2.75, 3.05) is 25.0 Å². The number of hydrogen-bond donors (Lipinski definition) is 3. The number of hydrogen-bond acceptors (Lipinski definition) is 4. The third-order valence-corrected chi connectivity index (χ3v) is 4.29. The number of aliphatic hydroxyl groups excluding tert-OH is 1. The summed E-state index contributed by atoms with van der Waals surface area (Å²) in [5.74, 6) is -0.0552. The quantitative estimate of drug-likeness (QED) is 0.772. The molecule has 1 aromatic carbocycles. The van der Waals surface area contributed by atoms with Crippen molar-refractivity contribution in [1.29, 1.82) is 0 Å². The maximum absolute atomic E-state index is 12.3. The van der Waals surface area contributed by atoms with Gasteiger partial charge >= 0.3 is 0 Å². The summed E-state index contributed by atoms with van der Waals surface area (Å²) in [6.07, 6.45) is 2.59. The summed E-state index contributed by atoms with van der Waals surface area (Å²) in [6, 6.07) is 7.69. The standard InChI is InChI=1S/C16H23N3O2/c20-13-9-15(17-10-13)16(21)18-14-6-2-1-5-12(14)11-19-7-3-4-8-19/h1-2,5-6,13,15,17,20H,3-4,7-11H2,(H,18,21). The van der Waals surface area contributed by atoms with Crippen LogP contribution in [0.4, 0.5) is 5.69 Å². The van der Waals surface area contributed by atoms with Crippen molar-refractivity contribution < 1.29 is 9.90 Å². The maximum Gasteiger partial charge on any atom is 0.241 e. The minimum atomic E-state index is -0.416. The van der Waals surface area contributed by atoms with Crippen molar-refractivity contribution >= 4 is 11.6 Å². The highest BCUT2D eigenvalue weighted by Gasteiger charge is 2.28. The summed E-state index contributed by atoms with van der Waals surface area (Å²) in [5, 5.41) is 15.6. The van der Waals surface area contributed by atoms with Crippen LogP contribution >= 0.6 is 0 Å². The molecule has 0 saturated carbocycles. The molecule has 114 valence electrons. The minimum Gasteiger partial charge on any atom is -0.392 e. The first-order valence-corrected chi connectivity index (χ1v) is 7.75. The Hall–Kier alpha value is -1.43. The van der Waals surface area contributed by atoms with E-state index in [4.69, 9.17) is 0 Å². The van der Waals surface area contributed by atoms with Gasteiger partial charge in [-0.05, 0) is 44.0 Å². The van der Waals surface area contributed by atoms with Crippen molar-refractivity contribution in [2.24, 2.45) is 0 Å². The van der Waals surface area contributed by atoms with Gasteiger partial charge in [0.2, 0.25) is 5.91 Å². The summed E-state index contributed by atoms with van der Waals surface area (Å²) in [4.78, 5) is 14.7. The normalized spacial score (nSPS) is 26.1. The van der Waals surface area contributed by atoms with Crippen LogP contribution in [0.5, 0.6) is 0 Å². The summed E-state index contributed by atoms with van der Waals surface area (Å²) in [6.45, 7) is 3.65. The second-order valence-electron chi connectivity index (χ2n) is 5.98. The maximum atomic E-state index is 12.3. The lowest BCUT2D eigenvalue weighted by molar-refractivity contribution is -0.117. The van der Waals surface area contributed by atoms with Gasteiger partial charge in [0.15, 0.2) is 0 Å². The number of carbonyl (C=O) groups excluding carboxylic acids is 1. The number of nitrogens with zero attached hydrogens (tertiary/aromatic N) is 1. The van der Waals surface area contributed by atoms with Crippen molar-refractivity contribution in [3.63, 3.8) is 0 Å². The molecule has 1 amide bonds. The summed E-state index contributed by atoms with van der Waals surface area (Å²) in [7, 11) is 0. The number of amides is 1. The zero-order chi connectivity index (χ0) is 14.7. The lowest BCUT2D eigenvalue weighted by Gasteiger charge is -2.19. The molecule has 0 spiro atoms. The molecule has 2 aliphatic heterocycles. The zero-order valence-corrected chi connectivity index (χ0v) is 12.2. The smallest absolute Gasteiger partial charge is 0.241 e. The molecule has 21 heavy (non-hydrogen) atoms. The Kier molecular flexibility index (Phi) is 4.53. The molecule has 3 rings (SSSR count). The fourth-order valence-corrected chi connectivity index (χ4v) is 3.10. The average molecular weight is 289 g/mol. The number of anilines is 1. The van der Waals surface area contributed by atoms with E-state index in [0.717, 1.165) is 30.9 Å². The number of carbonyl (C=O) groups is 1. The van der Waals surface area contributed by atoms with Gasteiger partial charge in [-0.1, -0.05) is 18.2 Å². The van der Waals surface area contributed by atoms with E-state index in [1.165, 1.54) is 12.8 Å². The van der Waals surface area contributed by atoms with Crippen LogP contribution in [0.1, 0.15) is 24.8 Å². The fourth-order valence-electron chi connectivity index (χ4n) is 3.10. The van der Waals surface area contributed by atoms with E-state index >= 15 is 0 Å². The SMILES string of the molecule is O=C(Nc1ccccc1CN1CCCC1)C1CC(O)CN1.